The second-order valence-corrected chi connectivity index (χ2v) is 4.68. The van der Waals surface area contributed by atoms with E-state index < -0.39 is 0 Å². The van der Waals surface area contributed by atoms with Crippen LogP contribution in [0.4, 0.5) is 11.9 Å². The molecule has 21 heavy (non-hydrogen) atoms. The molecule has 1 aliphatic rings. The number of hydrazine groups is 1. The predicted octanol–water partition coefficient (Wildman–Crippen LogP) is -0.0419. The topological polar surface area (TPSA) is 107 Å². The molecular formula is C12H18N8O. The van der Waals surface area contributed by atoms with Crippen LogP contribution in [0, 0.1) is 0 Å². The lowest BCUT2D eigenvalue weighted by molar-refractivity contribution is 0.0921. The molecular weight excluding hydrogens is 272 g/mol. The lowest BCUT2D eigenvalue weighted by Crippen LogP contribution is -2.46. The van der Waals surface area contributed by atoms with Gasteiger partial charge in [-0.05, 0) is 12.5 Å². The van der Waals surface area contributed by atoms with E-state index in [1.165, 1.54) is 0 Å². The van der Waals surface area contributed by atoms with E-state index in [0.29, 0.717) is 31.1 Å². The van der Waals surface area contributed by atoms with Crippen molar-refractivity contribution in [2.45, 2.75) is 19.4 Å². The minimum absolute atomic E-state index is 0.247. The molecule has 1 atom stereocenters. The number of ether oxygens (including phenoxy) is 1. The van der Waals surface area contributed by atoms with Gasteiger partial charge in [0, 0.05) is 18.9 Å². The number of nitrogens with zero attached hydrogens (tertiary/aromatic N) is 6. The van der Waals surface area contributed by atoms with Crippen molar-refractivity contribution < 1.29 is 4.74 Å². The average Bonchev–Trinajstić information content (AvgIpc) is 3.09. The van der Waals surface area contributed by atoms with Gasteiger partial charge >= 0.3 is 0 Å². The first-order valence-electron chi connectivity index (χ1n) is 6.89. The zero-order valence-electron chi connectivity index (χ0n) is 11.8. The zero-order chi connectivity index (χ0) is 14.7. The third kappa shape index (κ3) is 2.78. The first kappa shape index (κ1) is 13.7. The fourth-order valence-corrected chi connectivity index (χ4v) is 2.29. The highest BCUT2D eigenvalue weighted by atomic mass is 16.5. The summed E-state index contributed by atoms with van der Waals surface area (Å²) in [6, 6.07) is 2.06. The van der Waals surface area contributed by atoms with Crippen molar-refractivity contribution in [3.63, 3.8) is 0 Å². The van der Waals surface area contributed by atoms with E-state index in [-0.39, 0.29) is 6.04 Å². The second-order valence-electron chi connectivity index (χ2n) is 4.68. The second kappa shape index (κ2) is 6.02. The lowest BCUT2D eigenvalue weighted by Gasteiger charge is -2.35. The third-order valence-corrected chi connectivity index (χ3v) is 3.41. The van der Waals surface area contributed by atoms with E-state index in [1.54, 1.807) is 17.1 Å². The Labute approximate surface area is 122 Å². The quantitative estimate of drug-likeness (QED) is 0.596. The van der Waals surface area contributed by atoms with Crippen LogP contribution in [-0.4, -0.2) is 50.5 Å². The summed E-state index contributed by atoms with van der Waals surface area (Å²) in [7, 11) is 0. The Morgan fingerprint density at radius 1 is 1.38 bits per heavy atom. The average molecular weight is 290 g/mol. The van der Waals surface area contributed by atoms with E-state index in [4.69, 9.17) is 10.6 Å². The van der Waals surface area contributed by atoms with E-state index in [9.17, 15) is 0 Å². The number of aromatic nitrogens is 5. The molecule has 1 aliphatic heterocycles. The number of rotatable bonds is 4. The van der Waals surface area contributed by atoms with Gasteiger partial charge in [-0.2, -0.15) is 20.1 Å². The number of hydrogen-bond donors (Lipinski definition) is 2. The molecule has 3 rings (SSSR count). The van der Waals surface area contributed by atoms with Crippen molar-refractivity contribution in [1.29, 1.82) is 0 Å². The van der Waals surface area contributed by atoms with E-state index in [2.05, 4.69) is 37.3 Å². The van der Waals surface area contributed by atoms with Gasteiger partial charge in [-0.3, -0.25) is 5.43 Å². The van der Waals surface area contributed by atoms with Gasteiger partial charge in [0.15, 0.2) is 0 Å². The van der Waals surface area contributed by atoms with Gasteiger partial charge < -0.3 is 9.64 Å². The molecule has 112 valence electrons. The maximum Gasteiger partial charge on any atom is 0.257 e. The molecule has 2 aromatic heterocycles. The van der Waals surface area contributed by atoms with Crippen LogP contribution in [0.15, 0.2) is 18.5 Å². The molecule has 9 nitrogen and oxygen atoms in total. The highest BCUT2D eigenvalue weighted by molar-refractivity contribution is 5.40. The number of nitrogen functional groups attached to an aromatic ring is 1. The van der Waals surface area contributed by atoms with E-state index in [0.717, 1.165) is 13.0 Å². The van der Waals surface area contributed by atoms with Gasteiger partial charge in [0.1, 0.15) is 0 Å². The van der Waals surface area contributed by atoms with Crippen LogP contribution in [0.2, 0.25) is 0 Å². The molecule has 3 heterocycles. The number of nitrogens with one attached hydrogen (secondary N) is 1. The van der Waals surface area contributed by atoms with Crippen molar-refractivity contribution in [2.75, 3.05) is 30.1 Å². The fraction of sp³-hybridized carbons (Fsp3) is 0.500. The Bertz CT molecular complexity index is 587. The van der Waals surface area contributed by atoms with Crippen LogP contribution in [-0.2, 0) is 4.74 Å². The summed E-state index contributed by atoms with van der Waals surface area (Å²) in [5.74, 6) is 6.79. The van der Waals surface area contributed by atoms with Gasteiger partial charge in [0.05, 0.1) is 19.3 Å². The molecule has 3 N–H and O–H groups in total. The largest absolute Gasteiger partial charge is 0.377 e. The Balaban J connectivity index is 1.99. The highest BCUT2D eigenvalue weighted by Crippen LogP contribution is 2.19. The van der Waals surface area contributed by atoms with E-state index >= 15 is 0 Å². The Morgan fingerprint density at radius 3 is 2.95 bits per heavy atom. The van der Waals surface area contributed by atoms with Gasteiger partial charge in [-0.15, -0.1) is 0 Å². The molecule has 0 spiro atoms. The fourth-order valence-electron chi connectivity index (χ4n) is 2.29. The molecule has 0 bridgehead atoms. The standard InChI is InChI=1S/C12H18N8O/c1-2-9-8-21-7-6-19(9)11-15-10(18-13)16-12(17-11)20-5-3-4-14-20/h3-5,9H,2,6-8,13H2,1H3,(H,15,16,17,18). The van der Waals surface area contributed by atoms with Crippen LogP contribution < -0.4 is 16.2 Å². The van der Waals surface area contributed by atoms with Gasteiger partial charge in [-0.25, -0.2) is 10.5 Å². The minimum atomic E-state index is 0.247. The minimum Gasteiger partial charge on any atom is -0.377 e. The van der Waals surface area contributed by atoms with Crippen LogP contribution in [0.1, 0.15) is 13.3 Å². The molecule has 2 aromatic rings. The van der Waals surface area contributed by atoms with Crippen LogP contribution in [0.3, 0.4) is 0 Å². The SMILES string of the molecule is CCC1COCCN1c1nc(NN)nc(-n2cccn2)n1. The Morgan fingerprint density at radius 2 is 2.24 bits per heavy atom. The smallest absolute Gasteiger partial charge is 0.257 e. The van der Waals surface area contributed by atoms with Crippen LogP contribution >= 0.6 is 0 Å². The summed E-state index contributed by atoms with van der Waals surface area (Å²) >= 11 is 0. The molecule has 0 radical (unpaired) electrons. The third-order valence-electron chi connectivity index (χ3n) is 3.41. The summed E-state index contributed by atoms with van der Waals surface area (Å²) in [6.45, 7) is 4.18. The molecule has 9 heteroatoms. The van der Waals surface area contributed by atoms with Crippen molar-refractivity contribution >= 4 is 11.9 Å². The summed E-state index contributed by atoms with van der Waals surface area (Å²) in [5.41, 5.74) is 2.48. The van der Waals surface area contributed by atoms with Crippen molar-refractivity contribution in [3.8, 4) is 5.95 Å². The highest BCUT2D eigenvalue weighted by Gasteiger charge is 2.25. The lowest BCUT2D eigenvalue weighted by atomic mass is 10.2. The maximum absolute atomic E-state index is 5.51. The predicted molar refractivity (Wildman–Crippen MR) is 77.0 cm³/mol. The Hall–Kier alpha value is -2.26. The maximum atomic E-state index is 5.51. The molecule has 1 fully saturated rings. The van der Waals surface area contributed by atoms with Crippen molar-refractivity contribution in [2.24, 2.45) is 5.84 Å². The number of anilines is 2. The number of nitrogens with two attached hydrogens (primary N) is 1. The monoisotopic (exact) mass is 290 g/mol. The zero-order valence-corrected chi connectivity index (χ0v) is 11.8. The summed E-state index contributed by atoms with van der Waals surface area (Å²) in [6.07, 6.45) is 4.40. The van der Waals surface area contributed by atoms with Crippen LogP contribution in [0.5, 0.6) is 0 Å². The summed E-state index contributed by atoms with van der Waals surface area (Å²) < 4.78 is 7.09. The molecule has 0 aromatic carbocycles. The molecule has 0 amide bonds. The van der Waals surface area contributed by atoms with Gasteiger partial charge in [0.25, 0.3) is 5.95 Å². The summed E-state index contributed by atoms with van der Waals surface area (Å²) in [4.78, 5) is 15.2. The van der Waals surface area contributed by atoms with Crippen molar-refractivity contribution in [1.82, 2.24) is 24.7 Å². The number of hydrogen-bond acceptors (Lipinski definition) is 8. The number of morpholine rings is 1. The first-order chi connectivity index (χ1) is 10.3. The molecule has 0 aliphatic carbocycles. The summed E-state index contributed by atoms with van der Waals surface area (Å²) in [5, 5.41) is 4.14. The Kier molecular flexibility index (Phi) is 3.93. The van der Waals surface area contributed by atoms with Gasteiger partial charge in [-0.1, -0.05) is 6.92 Å². The van der Waals surface area contributed by atoms with Gasteiger partial charge in [0.2, 0.25) is 11.9 Å². The molecule has 0 saturated carbocycles. The normalized spacial score (nSPS) is 18.8. The first-order valence-corrected chi connectivity index (χ1v) is 6.89. The van der Waals surface area contributed by atoms with Crippen LogP contribution in [0.25, 0.3) is 5.95 Å². The molecule has 1 unspecified atom stereocenters. The van der Waals surface area contributed by atoms with Crippen molar-refractivity contribution in [3.05, 3.63) is 18.5 Å². The molecule has 1 saturated heterocycles. The van der Waals surface area contributed by atoms with E-state index in [1.807, 2.05) is 6.07 Å².